The van der Waals surface area contributed by atoms with Gasteiger partial charge in [-0.3, -0.25) is 4.98 Å². The molecule has 0 amide bonds. The lowest BCUT2D eigenvalue weighted by molar-refractivity contribution is 0.961. The molecule has 62 valence electrons. The Morgan fingerprint density at radius 2 is 2.17 bits per heavy atom. The quantitative estimate of drug-likeness (QED) is 0.553. The lowest BCUT2D eigenvalue weighted by atomic mass is 10.1. The topological polar surface area (TPSA) is 25.8 Å². The van der Waals surface area contributed by atoms with E-state index >= 15 is 0 Å². The van der Waals surface area contributed by atoms with E-state index in [0.29, 0.717) is 0 Å². The van der Waals surface area contributed by atoms with E-state index in [1.807, 2.05) is 13.1 Å². The highest BCUT2D eigenvalue weighted by Gasteiger charge is 2.01. The number of nitrogens with zero attached hydrogens (tertiary/aromatic N) is 2. The van der Waals surface area contributed by atoms with Gasteiger partial charge in [0, 0.05) is 6.20 Å². The van der Waals surface area contributed by atoms with Crippen molar-refractivity contribution in [3.05, 3.63) is 22.6 Å². The van der Waals surface area contributed by atoms with Gasteiger partial charge in [-0.2, -0.15) is 0 Å². The van der Waals surface area contributed by atoms with Crippen LogP contribution in [-0.2, 0) is 0 Å². The standard InChI is InChI=1S/C10H12N2/c1-7-4-3-5-9-10(7)12-8(2)6-11-9/h5-6H,3-4H2,1-2H3. The van der Waals surface area contributed by atoms with Crippen molar-refractivity contribution in [3.63, 3.8) is 0 Å². The fourth-order valence-electron chi connectivity index (χ4n) is 1.49. The summed E-state index contributed by atoms with van der Waals surface area (Å²) in [6, 6.07) is 0. The Balaban J connectivity index is 2.87. The minimum Gasteiger partial charge on any atom is -0.253 e. The molecule has 0 saturated carbocycles. The summed E-state index contributed by atoms with van der Waals surface area (Å²) >= 11 is 0. The van der Waals surface area contributed by atoms with Gasteiger partial charge in [-0.25, -0.2) is 4.98 Å². The lowest BCUT2D eigenvalue weighted by Crippen LogP contribution is -2.35. The normalized spacial score (nSPS) is 15.3. The fraction of sp³-hybridized carbons (Fsp3) is 0.400. The molecule has 0 aliphatic heterocycles. The second kappa shape index (κ2) is 2.70. The summed E-state index contributed by atoms with van der Waals surface area (Å²) in [5.74, 6) is 0. The predicted molar refractivity (Wildman–Crippen MR) is 48.8 cm³/mol. The average molecular weight is 160 g/mol. The van der Waals surface area contributed by atoms with Crippen LogP contribution >= 0.6 is 0 Å². The molecular weight excluding hydrogens is 148 g/mol. The molecule has 2 rings (SSSR count). The minimum atomic E-state index is 1.00. The van der Waals surface area contributed by atoms with Crippen LogP contribution in [0, 0.1) is 6.92 Å². The van der Waals surface area contributed by atoms with Crippen molar-refractivity contribution >= 4 is 11.6 Å². The summed E-state index contributed by atoms with van der Waals surface area (Å²) in [6.07, 6.45) is 6.23. The number of aryl methyl sites for hydroxylation is 1. The smallest absolute Gasteiger partial charge is 0.0876 e. The van der Waals surface area contributed by atoms with Gasteiger partial charge in [-0.1, -0.05) is 6.08 Å². The van der Waals surface area contributed by atoms with Gasteiger partial charge >= 0.3 is 0 Å². The van der Waals surface area contributed by atoms with Gasteiger partial charge in [0.05, 0.1) is 16.4 Å². The molecule has 12 heavy (non-hydrogen) atoms. The highest BCUT2D eigenvalue weighted by Crippen LogP contribution is 2.04. The van der Waals surface area contributed by atoms with Gasteiger partial charge < -0.3 is 0 Å². The SMILES string of the molecule is CC1=c2nc(C)cnc2=CCC1. The van der Waals surface area contributed by atoms with E-state index in [0.717, 1.165) is 29.2 Å². The van der Waals surface area contributed by atoms with Crippen molar-refractivity contribution in [2.75, 3.05) is 0 Å². The maximum absolute atomic E-state index is 4.46. The third-order valence-corrected chi connectivity index (χ3v) is 2.18. The van der Waals surface area contributed by atoms with Crippen molar-refractivity contribution < 1.29 is 0 Å². The Morgan fingerprint density at radius 1 is 1.33 bits per heavy atom. The van der Waals surface area contributed by atoms with Crippen LogP contribution in [0.15, 0.2) is 6.20 Å². The van der Waals surface area contributed by atoms with Gasteiger partial charge in [-0.15, -0.1) is 0 Å². The third kappa shape index (κ3) is 1.13. The van der Waals surface area contributed by atoms with Crippen LogP contribution in [-0.4, -0.2) is 9.97 Å². The molecule has 1 aliphatic carbocycles. The first-order chi connectivity index (χ1) is 5.77. The molecule has 1 aliphatic rings. The zero-order chi connectivity index (χ0) is 8.55. The summed E-state index contributed by atoms with van der Waals surface area (Å²) in [6.45, 7) is 4.12. The Kier molecular flexibility index (Phi) is 1.68. The minimum absolute atomic E-state index is 1.00. The molecule has 0 bridgehead atoms. The Morgan fingerprint density at radius 3 is 3.00 bits per heavy atom. The third-order valence-electron chi connectivity index (χ3n) is 2.18. The van der Waals surface area contributed by atoms with Crippen LogP contribution in [0.1, 0.15) is 25.5 Å². The van der Waals surface area contributed by atoms with Gasteiger partial charge in [0.25, 0.3) is 0 Å². The second-order valence-corrected chi connectivity index (χ2v) is 3.27. The maximum atomic E-state index is 4.46. The van der Waals surface area contributed by atoms with E-state index in [2.05, 4.69) is 23.0 Å². The second-order valence-electron chi connectivity index (χ2n) is 3.27. The van der Waals surface area contributed by atoms with Crippen molar-refractivity contribution in [2.24, 2.45) is 0 Å². The van der Waals surface area contributed by atoms with Gasteiger partial charge in [0.2, 0.25) is 0 Å². The number of aromatic nitrogens is 2. The molecule has 0 spiro atoms. The van der Waals surface area contributed by atoms with Gasteiger partial charge in [0.15, 0.2) is 0 Å². The monoisotopic (exact) mass is 160 g/mol. The van der Waals surface area contributed by atoms with Crippen molar-refractivity contribution in [2.45, 2.75) is 26.7 Å². The van der Waals surface area contributed by atoms with Crippen LogP contribution in [0.2, 0.25) is 0 Å². The van der Waals surface area contributed by atoms with E-state index in [1.54, 1.807) is 0 Å². The van der Waals surface area contributed by atoms with Crippen LogP contribution in [0.4, 0.5) is 0 Å². The molecule has 0 atom stereocenters. The number of rotatable bonds is 0. The van der Waals surface area contributed by atoms with E-state index < -0.39 is 0 Å². The van der Waals surface area contributed by atoms with Crippen molar-refractivity contribution in [1.82, 2.24) is 9.97 Å². The molecule has 0 aromatic carbocycles. The van der Waals surface area contributed by atoms with E-state index in [-0.39, 0.29) is 0 Å². The maximum Gasteiger partial charge on any atom is 0.0876 e. The largest absolute Gasteiger partial charge is 0.253 e. The summed E-state index contributed by atoms with van der Waals surface area (Å²) in [5.41, 5.74) is 2.37. The summed E-state index contributed by atoms with van der Waals surface area (Å²) in [5, 5.41) is 2.16. The highest BCUT2D eigenvalue weighted by molar-refractivity contribution is 5.45. The molecule has 0 fully saturated rings. The first kappa shape index (κ1) is 7.47. The molecule has 2 heteroatoms. The van der Waals surface area contributed by atoms with E-state index in [9.17, 15) is 0 Å². The van der Waals surface area contributed by atoms with E-state index in [1.165, 1.54) is 5.57 Å². The Bertz CT molecular complexity index is 418. The van der Waals surface area contributed by atoms with E-state index in [4.69, 9.17) is 0 Å². The van der Waals surface area contributed by atoms with Crippen molar-refractivity contribution in [3.8, 4) is 0 Å². The predicted octanol–water partition coefficient (Wildman–Crippen LogP) is 0.530. The average Bonchev–Trinajstić information content (AvgIpc) is 2.07. The van der Waals surface area contributed by atoms with Crippen LogP contribution < -0.4 is 10.7 Å². The van der Waals surface area contributed by atoms with Crippen molar-refractivity contribution in [1.29, 1.82) is 0 Å². The molecule has 0 radical (unpaired) electrons. The van der Waals surface area contributed by atoms with Crippen LogP contribution in [0.25, 0.3) is 11.6 Å². The zero-order valence-electron chi connectivity index (χ0n) is 7.46. The lowest BCUT2D eigenvalue weighted by Gasteiger charge is -2.04. The molecule has 1 aromatic rings. The molecule has 0 saturated heterocycles. The molecule has 0 N–H and O–H groups in total. The Hall–Kier alpha value is -1.18. The summed E-state index contributed by atoms with van der Waals surface area (Å²) < 4.78 is 0. The molecule has 2 nitrogen and oxygen atoms in total. The Labute approximate surface area is 71.7 Å². The molecule has 0 unspecified atom stereocenters. The first-order valence-electron chi connectivity index (χ1n) is 4.27. The van der Waals surface area contributed by atoms with Gasteiger partial charge in [0.1, 0.15) is 0 Å². The zero-order valence-corrected chi connectivity index (χ0v) is 7.46. The number of fused-ring (bicyclic) bond motifs is 1. The summed E-state index contributed by atoms with van der Waals surface area (Å²) in [7, 11) is 0. The number of hydrogen-bond donors (Lipinski definition) is 0. The number of hydrogen-bond acceptors (Lipinski definition) is 2. The van der Waals surface area contributed by atoms with Gasteiger partial charge in [-0.05, 0) is 32.3 Å². The van der Waals surface area contributed by atoms with Crippen LogP contribution in [0.3, 0.4) is 0 Å². The highest BCUT2D eigenvalue weighted by atomic mass is 14.8. The van der Waals surface area contributed by atoms with Crippen LogP contribution in [0.5, 0.6) is 0 Å². The first-order valence-corrected chi connectivity index (χ1v) is 4.27. The fourth-order valence-corrected chi connectivity index (χ4v) is 1.49. The molecular formula is C10H12N2. The molecule has 1 heterocycles. The summed E-state index contributed by atoms with van der Waals surface area (Å²) in [4.78, 5) is 8.79. The molecule has 1 aromatic heterocycles.